The van der Waals surface area contributed by atoms with Crippen molar-refractivity contribution in [3.8, 4) is 0 Å². The second-order valence-electron chi connectivity index (χ2n) is 6.14. The Bertz CT molecular complexity index is 787. The van der Waals surface area contributed by atoms with E-state index in [9.17, 15) is 8.42 Å². The van der Waals surface area contributed by atoms with E-state index in [1.807, 2.05) is 71.0 Å². The zero-order valence-electron chi connectivity index (χ0n) is 14.6. The average Bonchev–Trinajstić information content (AvgIpc) is 2.43. The number of rotatable bonds is 5. The molecule has 0 radical (unpaired) electrons. The second-order valence-corrected chi connectivity index (χ2v) is 7.94. The lowest BCUT2D eigenvalue weighted by atomic mass is 10.1. The van der Waals surface area contributed by atoms with Gasteiger partial charge in [0.25, 0.3) is 10.0 Å². The Morgan fingerprint density at radius 2 is 1.52 bits per heavy atom. The monoisotopic (exact) mass is 331 g/mol. The summed E-state index contributed by atoms with van der Waals surface area (Å²) in [6.45, 7) is 10.2. The summed E-state index contributed by atoms with van der Waals surface area (Å²) in [5, 5.41) is 0. The lowest BCUT2D eigenvalue weighted by molar-refractivity contribution is 0.589. The van der Waals surface area contributed by atoms with Crippen molar-refractivity contribution in [3.05, 3.63) is 58.7 Å². The first-order chi connectivity index (χ1) is 10.8. The first kappa shape index (κ1) is 17.5. The summed E-state index contributed by atoms with van der Waals surface area (Å²) in [5.41, 5.74) is 4.46. The van der Waals surface area contributed by atoms with E-state index < -0.39 is 10.0 Å². The van der Waals surface area contributed by atoms with Gasteiger partial charge >= 0.3 is 0 Å². The number of hydrogen-bond donors (Lipinski definition) is 0. The normalized spacial score (nSPS) is 11.5. The predicted octanol–water partition coefficient (Wildman–Crippen LogP) is 4.53. The molecule has 0 bridgehead atoms. The van der Waals surface area contributed by atoms with E-state index in [2.05, 4.69) is 0 Å². The Kier molecular flexibility index (Phi) is 5.15. The Labute approximate surface area is 140 Å². The lowest BCUT2D eigenvalue weighted by Gasteiger charge is -2.26. The number of anilines is 1. The maximum Gasteiger partial charge on any atom is 0.264 e. The average molecular weight is 331 g/mol. The number of sulfonamides is 1. The highest BCUT2D eigenvalue weighted by Crippen LogP contribution is 2.29. The van der Waals surface area contributed by atoms with Crippen LogP contribution in [0.2, 0.25) is 0 Å². The summed E-state index contributed by atoms with van der Waals surface area (Å²) in [6.07, 6.45) is 0.761. The van der Waals surface area contributed by atoms with Crippen LogP contribution in [0.15, 0.2) is 41.3 Å². The van der Waals surface area contributed by atoms with Crippen molar-refractivity contribution in [2.45, 2.75) is 45.9 Å². The molecule has 0 N–H and O–H groups in total. The molecule has 2 aromatic carbocycles. The molecule has 0 saturated heterocycles. The van der Waals surface area contributed by atoms with Gasteiger partial charge in [-0.2, -0.15) is 0 Å². The Morgan fingerprint density at radius 3 is 2.04 bits per heavy atom. The van der Waals surface area contributed by atoms with Crippen LogP contribution in [0.4, 0.5) is 5.69 Å². The minimum Gasteiger partial charge on any atom is -0.266 e. The van der Waals surface area contributed by atoms with Crippen LogP contribution in [0.3, 0.4) is 0 Å². The third-order valence-electron chi connectivity index (χ3n) is 3.87. The standard InChI is InChI=1S/C19H25NO2S/c1-6-10-20(18-9-7-8-14(2)13-18)23(21,22)19-16(4)11-15(3)12-17(19)5/h7-9,11-13H,6,10H2,1-5H3. The van der Waals surface area contributed by atoms with Crippen LogP contribution >= 0.6 is 0 Å². The molecule has 0 unspecified atom stereocenters. The molecule has 0 fully saturated rings. The molecule has 0 spiro atoms. The molecule has 4 heteroatoms. The number of benzene rings is 2. The van der Waals surface area contributed by atoms with E-state index in [1.54, 1.807) is 0 Å². The van der Waals surface area contributed by atoms with Gasteiger partial charge in [0.2, 0.25) is 0 Å². The zero-order chi connectivity index (χ0) is 17.2. The van der Waals surface area contributed by atoms with Gasteiger partial charge in [-0.05, 0) is 62.9 Å². The van der Waals surface area contributed by atoms with Gasteiger partial charge in [0.1, 0.15) is 0 Å². The van der Waals surface area contributed by atoms with Crippen LogP contribution in [-0.4, -0.2) is 15.0 Å². The Hall–Kier alpha value is -1.81. The largest absolute Gasteiger partial charge is 0.266 e. The van der Waals surface area contributed by atoms with Gasteiger partial charge in [0, 0.05) is 6.54 Å². The topological polar surface area (TPSA) is 37.4 Å². The summed E-state index contributed by atoms with van der Waals surface area (Å²) in [5.74, 6) is 0. The van der Waals surface area contributed by atoms with Gasteiger partial charge in [-0.15, -0.1) is 0 Å². The molecule has 2 aromatic rings. The highest BCUT2D eigenvalue weighted by Gasteiger charge is 2.27. The van der Waals surface area contributed by atoms with Crippen molar-refractivity contribution in [1.82, 2.24) is 0 Å². The van der Waals surface area contributed by atoms with Gasteiger partial charge in [-0.25, -0.2) is 8.42 Å². The van der Waals surface area contributed by atoms with Crippen LogP contribution in [0, 0.1) is 27.7 Å². The minimum absolute atomic E-state index is 0.429. The summed E-state index contributed by atoms with van der Waals surface area (Å²) in [4.78, 5) is 0.429. The zero-order valence-corrected chi connectivity index (χ0v) is 15.4. The molecule has 3 nitrogen and oxygen atoms in total. The molecule has 0 aromatic heterocycles. The van der Waals surface area contributed by atoms with Crippen molar-refractivity contribution in [2.24, 2.45) is 0 Å². The van der Waals surface area contributed by atoms with E-state index in [0.717, 1.165) is 34.4 Å². The Balaban J connectivity index is 2.63. The van der Waals surface area contributed by atoms with Crippen molar-refractivity contribution >= 4 is 15.7 Å². The van der Waals surface area contributed by atoms with Gasteiger partial charge in [-0.3, -0.25) is 4.31 Å². The molecule has 0 heterocycles. The van der Waals surface area contributed by atoms with E-state index in [-0.39, 0.29) is 0 Å². The van der Waals surface area contributed by atoms with Crippen LogP contribution < -0.4 is 4.31 Å². The highest BCUT2D eigenvalue weighted by atomic mass is 32.2. The molecular weight excluding hydrogens is 306 g/mol. The number of nitrogens with zero attached hydrogens (tertiary/aromatic N) is 1. The van der Waals surface area contributed by atoms with Crippen molar-refractivity contribution in [1.29, 1.82) is 0 Å². The highest BCUT2D eigenvalue weighted by molar-refractivity contribution is 7.93. The molecule has 0 aliphatic rings. The second kappa shape index (κ2) is 6.75. The predicted molar refractivity (Wildman–Crippen MR) is 96.7 cm³/mol. The SMILES string of the molecule is CCCN(c1cccc(C)c1)S(=O)(=O)c1c(C)cc(C)cc1C. The van der Waals surface area contributed by atoms with Crippen LogP contribution in [0.5, 0.6) is 0 Å². The van der Waals surface area contributed by atoms with Crippen molar-refractivity contribution in [2.75, 3.05) is 10.8 Å². The maximum absolute atomic E-state index is 13.3. The summed E-state index contributed by atoms with van der Waals surface area (Å²) < 4.78 is 28.2. The maximum atomic E-state index is 13.3. The molecule has 0 atom stereocenters. The smallest absolute Gasteiger partial charge is 0.264 e. The molecular formula is C19H25NO2S. The fourth-order valence-electron chi connectivity index (χ4n) is 3.06. The number of aryl methyl sites for hydroxylation is 4. The van der Waals surface area contributed by atoms with E-state index in [1.165, 1.54) is 4.31 Å². The molecule has 124 valence electrons. The molecule has 2 rings (SSSR count). The van der Waals surface area contributed by atoms with Gasteiger partial charge < -0.3 is 0 Å². The third kappa shape index (κ3) is 3.58. The van der Waals surface area contributed by atoms with E-state index >= 15 is 0 Å². The third-order valence-corrected chi connectivity index (χ3v) is 6.00. The van der Waals surface area contributed by atoms with Gasteiger partial charge in [0.15, 0.2) is 0 Å². The van der Waals surface area contributed by atoms with E-state index in [0.29, 0.717) is 11.4 Å². The molecule has 0 aliphatic carbocycles. The quantitative estimate of drug-likeness (QED) is 0.807. The van der Waals surface area contributed by atoms with Crippen molar-refractivity contribution in [3.63, 3.8) is 0 Å². The van der Waals surface area contributed by atoms with Crippen LogP contribution in [0.25, 0.3) is 0 Å². The molecule has 0 aliphatic heterocycles. The first-order valence-electron chi connectivity index (χ1n) is 7.94. The summed E-state index contributed by atoms with van der Waals surface area (Å²) in [6, 6.07) is 11.5. The van der Waals surface area contributed by atoms with Crippen LogP contribution in [-0.2, 0) is 10.0 Å². The molecule has 23 heavy (non-hydrogen) atoms. The van der Waals surface area contributed by atoms with E-state index in [4.69, 9.17) is 0 Å². The molecule has 0 amide bonds. The minimum atomic E-state index is -3.58. The summed E-state index contributed by atoms with van der Waals surface area (Å²) in [7, 11) is -3.58. The van der Waals surface area contributed by atoms with Gasteiger partial charge in [-0.1, -0.05) is 36.8 Å². The summed E-state index contributed by atoms with van der Waals surface area (Å²) >= 11 is 0. The van der Waals surface area contributed by atoms with Gasteiger partial charge in [0.05, 0.1) is 10.6 Å². The first-order valence-corrected chi connectivity index (χ1v) is 9.38. The Morgan fingerprint density at radius 1 is 0.913 bits per heavy atom. The molecule has 0 saturated carbocycles. The lowest BCUT2D eigenvalue weighted by Crippen LogP contribution is -2.32. The number of hydrogen-bond acceptors (Lipinski definition) is 2. The van der Waals surface area contributed by atoms with Crippen molar-refractivity contribution < 1.29 is 8.42 Å². The fraction of sp³-hybridized carbons (Fsp3) is 0.368. The fourth-order valence-corrected chi connectivity index (χ4v) is 5.02. The van der Waals surface area contributed by atoms with Crippen LogP contribution in [0.1, 0.15) is 35.6 Å².